The molecule has 2 aromatic rings. The van der Waals surface area contributed by atoms with E-state index in [1.54, 1.807) is 6.07 Å². The highest BCUT2D eigenvalue weighted by Gasteiger charge is 2.28. The first-order valence-corrected chi connectivity index (χ1v) is 7.06. The maximum absolute atomic E-state index is 11.7. The van der Waals surface area contributed by atoms with Gasteiger partial charge in [-0.1, -0.05) is 29.8 Å². The van der Waals surface area contributed by atoms with E-state index in [4.69, 9.17) is 17.3 Å². The van der Waals surface area contributed by atoms with Crippen LogP contribution in [0.1, 0.15) is 17.2 Å². The molecule has 108 valence electrons. The molecule has 1 atom stereocenters. The lowest BCUT2D eigenvalue weighted by Crippen LogP contribution is -2.19. The van der Waals surface area contributed by atoms with Crippen LogP contribution in [0.3, 0.4) is 0 Å². The Morgan fingerprint density at radius 1 is 1.24 bits per heavy atom. The van der Waals surface area contributed by atoms with Gasteiger partial charge in [0.2, 0.25) is 5.91 Å². The number of nitrogens with two attached hydrogens (primary N) is 1. The second-order valence-corrected chi connectivity index (χ2v) is 5.61. The van der Waals surface area contributed by atoms with Crippen LogP contribution < -0.4 is 16.0 Å². The number of aryl methyl sites for hydroxylation is 1. The van der Waals surface area contributed by atoms with Crippen molar-refractivity contribution in [3.05, 3.63) is 52.5 Å². The van der Waals surface area contributed by atoms with Crippen molar-refractivity contribution in [2.45, 2.75) is 13.0 Å². The Morgan fingerprint density at radius 2 is 1.95 bits per heavy atom. The molecule has 1 heterocycles. The van der Waals surface area contributed by atoms with Crippen LogP contribution in [0.15, 0.2) is 36.4 Å². The SMILES string of the molecule is Cc1ccccc1N(C)c1cc2c(cc1Cl)C(N)C(=O)N2. The largest absolute Gasteiger partial charge is 0.343 e. The number of rotatable bonds is 2. The van der Waals surface area contributed by atoms with Crippen LogP contribution in [0.5, 0.6) is 0 Å². The van der Waals surface area contributed by atoms with Crippen LogP contribution >= 0.6 is 11.6 Å². The van der Waals surface area contributed by atoms with Crippen LogP contribution in [0.2, 0.25) is 5.02 Å². The molecule has 1 aliphatic rings. The highest BCUT2D eigenvalue weighted by molar-refractivity contribution is 6.34. The number of carbonyl (C=O) groups is 1. The quantitative estimate of drug-likeness (QED) is 0.894. The van der Waals surface area contributed by atoms with Crippen molar-refractivity contribution >= 4 is 34.6 Å². The van der Waals surface area contributed by atoms with Crippen LogP contribution in [-0.4, -0.2) is 13.0 Å². The molecule has 5 heteroatoms. The fourth-order valence-electron chi connectivity index (χ4n) is 2.62. The van der Waals surface area contributed by atoms with Gasteiger partial charge in [-0.15, -0.1) is 0 Å². The molecule has 2 aromatic carbocycles. The molecule has 1 amide bonds. The first-order chi connectivity index (χ1) is 9.99. The Morgan fingerprint density at radius 3 is 2.67 bits per heavy atom. The van der Waals surface area contributed by atoms with Gasteiger partial charge in [-0.25, -0.2) is 0 Å². The summed E-state index contributed by atoms with van der Waals surface area (Å²) >= 11 is 6.38. The van der Waals surface area contributed by atoms with E-state index in [1.165, 1.54) is 0 Å². The summed E-state index contributed by atoms with van der Waals surface area (Å²) in [6, 6.07) is 11.1. The van der Waals surface area contributed by atoms with Crippen molar-refractivity contribution in [2.75, 3.05) is 17.3 Å². The molecule has 0 fully saturated rings. The average Bonchev–Trinajstić information content (AvgIpc) is 2.73. The minimum absolute atomic E-state index is 0.197. The van der Waals surface area contributed by atoms with Crippen molar-refractivity contribution in [2.24, 2.45) is 5.73 Å². The first-order valence-electron chi connectivity index (χ1n) is 6.68. The number of anilines is 3. The topological polar surface area (TPSA) is 58.4 Å². The van der Waals surface area contributed by atoms with E-state index in [0.29, 0.717) is 5.02 Å². The number of carbonyl (C=O) groups excluding carboxylic acids is 1. The number of hydrogen-bond acceptors (Lipinski definition) is 3. The summed E-state index contributed by atoms with van der Waals surface area (Å²) in [5, 5.41) is 3.36. The number of nitrogens with one attached hydrogen (secondary N) is 1. The molecule has 0 saturated carbocycles. The van der Waals surface area contributed by atoms with Crippen molar-refractivity contribution < 1.29 is 4.79 Å². The third-order valence-electron chi connectivity index (χ3n) is 3.83. The smallest absolute Gasteiger partial charge is 0.245 e. The van der Waals surface area contributed by atoms with Gasteiger partial charge in [0.25, 0.3) is 0 Å². The number of nitrogens with zero attached hydrogens (tertiary/aromatic N) is 1. The standard InChI is InChI=1S/C16H16ClN3O/c1-9-5-3-4-6-13(9)20(2)14-8-12-10(7-11(14)17)15(18)16(21)19-12/h3-8,15H,18H2,1-2H3,(H,19,21). The van der Waals surface area contributed by atoms with Crippen molar-refractivity contribution in [3.63, 3.8) is 0 Å². The predicted octanol–water partition coefficient (Wildman–Crippen LogP) is 3.37. The van der Waals surface area contributed by atoms with Gasteiger partial charge in [0.15, 0.2) is 0 Å². The van der Waals surface area contributed by atoms with Crippen LogP contribution in [0.25, 0.3) is 0 Å². The van der Waals surface area contributed by atoms with Gasteiger partial charge in [0.05, 0.1) is 10.7 Å². The lowest BCUT2D eigenvalue weighted by molar-refractivity contribution is -0.116. The van der Waals surface area contributed by atoms with E-state index in [2.05, 4.69) is 5.32 Å². The molecule has 0 bridgehead atoms. The molecule has 21 heavy (non-hydrogen) atoms. The van der Waals surface area contributed by atoms with E-state index < -0.39 is 6.04 Å². The zero-order valence-corrected chi connectivity index (χ0v) is 12.6. The van der Waals surface area contributed by atoms with Gasteiger partial charge in [0, 0.05) is 24.0 Å². The number of hydrogen-bond donors (Lipinski definition) is 2. The Bertz CT molecular complexity index is 729. The van der Waals surface area contributed by atoms with E-state index in [0.717, 1.165) is 28.2 Å². The minimum atomic E-state index is -0.643. The van der Waals surface area contributed by atoms with Crippen molar-refractivity contribution in [1.82, 2.24) is 0 Å². The highest BCUT2D eigenvalue weighted by atomic mass is 35.5. The molecule has 0 spiro atoms. The number of halogens is 1. The van der Waals surface area contributed by atoms with E-state index in [9.17, 15) is 4.79 Å². The summed E-state index contributed by atoms with van der Waals surface area (Å²) in [5.41, 5.74) is 10.4. The second-order valence-electron chi connectivity index (χ2n) is 5.20. The number of fused-ring (bicyclic) bond motifs is 1. The van der Waals surface area contributed by atoms with E-state index >= 15 is 0 Å². The van der Waals surface area contributed by atoms with Crippen molar-refractivity contribution in [3.8, 4) is 0 Å². The predicted molar refractivity (Wildman–Crippen MR) is 86.3 cm³/mol. The fraction of sp³-hybridized carbons (Fsp3) is 0.188. The molecular formula is C16H16ClN3O. The Balaban J connectivity index is 2.07. The van der Waals surface area contributed by atoms with Crippen LogP contribution in [0, 0.1) is 6.92 Å². The van der Waals surface area contributed by atoms with Gasteiger partial charge in [-0.05, 0) is 30.7 Å². The Labute approximate surface area is 128 Å². The molecule has 1 aliphatic heterocycles. The number of benzene rings is 2. The molecule has 0 aliphatic carbocycles. The Hall–Kier alpha value is -2.04. The zero-order valence-electron chi connectivity index (χ0n) is 11.9. The molecule has 3 rings (SSSR count). The van der Waals surface area contributed by atoms with Crippen molar-refractivity contribution in [1.29, 1.82) is 0 Å². The lowest BCUT2D eigenvalue weighted by atomic mass is 10.1. The average molecular weight is 302 g/mol. The van der Waals surface area contributed by atoms with Gasteiger partial charge >= 0.3 is 0 Å². The zero-order chi connectivity index (χ0) is 15.1. The third kappa shape index (κ3) is 2.26. The second kappa shape index (κ2) is 5.06. The molecule has 4 nitrogen and oxygen atoms in total. The van der Waals surface area contributed by atoms with Gasteiger partial charge < -0.3 is 16.0 Å². The monoisotopic (exact) mass is 301 g/mol. The molecular weight excluding hydrogens is 286 g/mol. The first kappa shape index (κ1) is 13.9. The Kier molecular flexibility index (Phi) is 3.35. The van der Waals surface area contributed by atoms with Gasteiger partial charge in [-0.3, -0.25) is 4.79 Å². The molecule has 0 radical (unpaired) electrons. The molecule has 0 saturated heterocycles. The summed E-state index contributed by atoms with van der Waals surface area (Å²) in [6.45, 7) is 2.05. The normalized spacial score (nSPS) is 16.6. The minimum Gasteiger partial charge on any atom is -0.343 e. The van der Waals surface area contributed by atoms with E-state index in [1.807, 2.05) is 49.2 Å². The van der Waals surface area contributed by atoms with E-state index in [-0.39, 0.29) is 5.91 Å². The summed E-state index contributed by atoms with van der Waals surface area (Å²) in [7, 11) is 1.95. The lowest BCUT2D eigenvalue weighted by Gasteiger charge is -2.23. The summed E-state index contributed by atoms with van der Waals surface area (Å²) in [6.07, 6.45) is 0. The number of para-hydroxylation sites is 1. The summed E-state index contributed by atoms with van der Waals surface area (Å²) in [4.78, 5) is 13.7. The molecule has 3 N–H and O–H groups in total. The number of amides is 1. The van der Waals surface area contributed by atoms with Crippen LogP contribution in [-0.2, 0) is 4.79 Å². The molecule has 1 unspecified atom stereocenters. The van der Waals surface area contributed by atoms with Crippen LogP contribution in [0.4, 0.5) is 17.1 Å². The van der Waals surface area contributed by atoms with Gasteiger partial charge in [-0.2, -0.15) is 0 Å². The third-order valence-corrected chi connectivity index (χ3v) is 4.14. The molecule has 0 aromatic heterocycles. The summed E-state index contributed by atoms with van der Waals surface area (Å²) < 4.78 is 0. The maximum atomic E-state index is 11.7. The fourth-order valence-corrected chi connectivity index (χ4v) is 2.92. The van der Waals surface area contributed by atoms with Gasteiger partial charge in [0.1, 0.15) is 6.04 Å². The highest BCUT2D eigenvalue weighted by Crippen LogP contribution is 2.40. The maximum Gasteiger partial charge on any atom is 0.245 e. The summed E-state index contributed by atoms with van der Waals surface area (Å²) in [5.74, 6) is -0.197.